The molecule has 118 valence electrons. The molecule has 0 saturated carbocycles. The molecule has 2 aromatic rings. The highest BCUT2D eigenvalue weighted by Gasteiger charge is 2.22. The van der Waals surface area contributed by atoms with Gasteiger partial charge in [0.15, 0.2) is 0 Å². The van der Waals surface area contributed by atoms with E-state index in [1.54, 1.807) is 17.1 Å². The molecule has 1 aliphatic carbocycles. The van der Waals surface area contributed by atoms with Crippen LogP contribution in [0.5, 0.6) is 0 Å². The van der Waals surface area contributed by atoms with E-state index in [4.69, 9.17) is 9.52 Å². The fraction of sp³-hybridized carbons (Fsp3) is 0.467. The summed E-state index contributed by atoms with van der Waals surface area (Å²) >= 11 is 0. The predicted molar refractivity (Wildman–Crippen MR) is 80.3 cm³/mol. The number of nitrogens with one attached hydrogen (secondary N) is 2. The molecule has 0 unspecified atom stereocenters. The summed E-state index contributed by atoms with van der Waals surface area (Å²) in [5, 5.41) is 18.9. The summed E-state index contributed by atoms with van der Waals surface area (Å²) in [6.07, 6.45) is 8.40. The van der Waals surface area contributed by atoms with Crippen LogP contribution >= 0.6 is 0 Å². The first-order chi connectivity index (χ1) is 10.8. The van der Waals surface area contributed by atoms with Gasteiger partial charge in [0.1, 0.15) is 12.3 Å². The second-order valence-electron chi connectivity index (χ2n) is 5.39. The summed E-state index contributed by atoms with van der Waals surface area (Å²) in [4.78, 5) is 11.6. The number of anilines is 1. The number of rotatable bonds is 6. The molecular formula is C15H20N4O3. The molecule has 3 N–H and O–H groups in total. The Morgan fingerprint density at radius 3 is 3.32 bits per heavy atom. The Hall–Kier alpha value is -2.28. The predicted octanol–water partition coefficient (Wildman–Crippen LogP) is 1.07. The number of aryl methyl sites for hydroxylation is 1. The van der Waals surface area contributed by atoms with Crippen molar-refractivity contribution in [1.29, 1.82) is 0 Å². The average Bonchev–Trinajstić information content (AvgIpc) is 3.15. The smallest absolute Gasteiger partial charge is 0.241 e. The minimum absolute atomic E-state index is 0.0631. The van der Waals surface area contributed by atoms with Crippen LogP contribution < -0.4 is 10.6 Å². The molecule has 1 amide bonds. The normalized spacial score (nSPS) is 17.0. The zero-order chi connectivity index (χ0) is 15.4. The highest BCUT2D eigenvalue weighted by molar-refractivity contribution is 5.75. The number of hydrogen-bond donors (Lipinski definition) is 3. The van der Waals surface area contributed by atoms with Crippen molar-refractivity contribution in [3.05, 3.63) is 36.0 Å². The van der Waals surface area contributed by atoms with Crippen molar-refractivity contribution >= 4 is 11.6 Å². The Balaban J connectivity index is 1.60. The average molecular weight is 304 g/mol. The third-order valence-electron chi connectivity index (χ3n) is 3.77. The van der Waals surface area contributed by atoms with Crippen LogP contribution in [0.25, 0.3) is 0 Å². The first-order valence-corrected chi connectivity index (χ1v) is 7.49. The molecule has 0 aliphatic heterocycles. The summed E-state index contributed by atoms with van der Waals surface area (Å²) in [7, 11) is 0. The molecule has 0 aromatic carbocycles. The van der Waals surface area contributed by atoms with Crippen LogP contribution in [0.1, 0.15) is 30.2 Å². The fourth-order valence-corrected chi connectivity index (χ4v) is 2.76. The van der Waals surface area contributed by atoms with E-state index in [9.17, 15) is 4.79 Å². The SMILES string of the molecule is O=C(Cn1cc(N[C@H]2CCCc3occc32)cn1)NCCO. The van der Waals surface area contributed by atoms with Crippen molar-refractivity contribution in [2.24, 2.45) is 0 Å². The monoisotopic (exact) mass is 304 g/mol. The first-order valence-electron chi connectivity index (χ1n) is 7.49. The van der Waals surface area contributed by atoms with E-state index >= 15 is 0 Å². The molecule has 0 spiro atoms. The molecule has 2 aromatic heterocycles. The summed E-state index contributed by atoms with van der Waals surface area (Å²) in [6.45, 7) is 0.340. The van der Waals surface area contributed by atoms with Crippen molar-refractivity contribution in [2.45, 2.75) is 31.8 Å². The number of aliphatic hydroxyl groups is 1. The number of hydrogen-bond acceptors (Lipinski definition) is 5. The Labute approximate surface area is 128 Å². The molecular weight excluding hydrogens is 284 g/mol. The number of nitrogens with zero attached hydrogens (tertiary/aromatic N) is 2. The Kier molecular flexibility index (Phi) is 4.43. The number of furan rings is 1. The maximum atomic E-state index is 11.6. The van der Waals surface area contributed by atoms with Crippen molar-refractivity contribution in [3.63, 3.8) is 0 Å². The third-order valence-corrected chi connectivity index (χ3v) is 3.77. The Bertz CT molecular complexity index is 634. The van der Waals surface area contributed by atoms with E-state index < -0.39 is 0 Å². The van der Waals surface area contributed by atoms with Crippen molar-refractivity contribution in [3.8, 4) is 0 Å². The van der Waals surface area contributed by atoms with Gasteiger partial charge in [0.2, 0.25) is 5.91 Å². The van der Waals surface area contributed by atoms with Gasteiger partial charge >= 0.3 is 0 Å². The summed E-state index contributed by atoms with van der Waals surface area (Å²) in [6, 6.07) is 2.24. The molecule has 7 heteroatoms. The molecule has 0 saturated heterocycles. The number of amides is 1. The quantitative estimate of drug-likeness (QED) is 0.742. The van der Waals surface area contributed by atoms with E-state index in [-0.39, 0.29) is 31.6 Å². The lowest BCUT2D eigenvalue weighted by Crippen LogP contribution is -2.30. The fourth-order valence-electron chi connectivity index (χ4n) is 2.76. The van der Waals surface area contributed by atoms with E-state index in [0.29, 0.717) is 0 Å². The van der Waals surface area contributed by atoms with Gasteiger partial charge in [-0.15, -0.1) is 0 Å². The second kappa shape index (κ2) is 6.65. The summed E-state index contributed by atoms with van der Waals surface area (Å²) in [5.74, 6) is 0.887. The van der Waals surface area contributed by atoms with Crippen LogP contribution in [-0.2, 0) is 17.8 Å². The minimum Gasteiger partial charge on any atom is -0.469 e. The van der Waals surface area contributed by atoms with E-state index in [0.717, 1.165) is 30.7 Å². The van der Waals surface area contributed by atoms with Crippen molar-refractivity contribution in [1.82, 2.24) is 15.1 Å². The molecule has 1 aliphatic rings. The summed E-state index contributed by atoms with van der Waals surface area (Å²) in [5.41, 5.74) is 2.09. The zero-order valence-corrected chi connectivity index (χ0v) is 12.3. The standard InChI is InChI=1S/C15H20N4O3/c20-6-5-16-15(21)10-19-9-11(8-17-19)18-13-2-1-3-14-12(13)4-7-22-14/h4,7-9,13,18,20H,1-3,5-6,10H2,(H,16,21)/t13-/m0/s1. The molecule has 0 fully saturated rings. The third kappa shape index (κ3) is 3.30. The van der Waals surface area contributed by atoms with Gasteiger partial charge in [-0.25, -0.2) is 0 Å². The van der Waals surface area contributed by atoms with Gasteiger partial charge in [0.25, 0.3) is 0 Å². The molecule has 0 radical (unpaired) electrons. The minimum atomic E-state index is -0.168. The number of carbonyl (C=O) groups excluding carboxylic acids is 1. The lowest BCUT2D eigenvalue weighted by atomic mass is 9.93. The van der Waals surface area contributed by atoms with Gasteiger partial charge in [0, 0.05) is 24.7 Å². The van der Waals surface area contributed by atoms with E-state index in [1.807, 2.05) is 12.3 Å². The first kappa shape index (κ1) is 14.6. The van der Waals surface area contributed by atoms with Crippen LogP contribution in [0.3, 0.4) is 0 Å². The van der Waals surface area contributed by atoms with Crippen LogP contribution in [0.15, 0.2) is 29.1 Å². The van der Waals surface area contributed by atoms with Crippen LogP contribution in [0.4, 0.5) is 5.69 Å². The van der Waals surface area contributed by atoms with Crippen LogP contribution in [0.2, 0.25) is 0 Å². The van der Waals surface area contributed by atoms with Crippen molar-refractivity contribution < 1.29 is 14.3 Å². The van der Waals surface area contributed by atoms with Gasteiger partial charge in [-0.2, -0.15) is 5.10 Å². The topological polar surface area (TPSA) is 92.3 Å². The summed E-state index contributed by atoms with van der Waals surface area (Å²) < 4.78 is 7.06. The molecule has 3 rings (SSSR count). The molecule has 2 heterocycles. The highest BCUT2D eigenvalue weighted by atomic mass is 16.3. The number of aliphatic hydroxyl groups excluding tert-OH is 1. The van der Waals surface area contributed by atoms with Gasteiger partial charge in [-0.05, 0) is 18.9 Å². The Morgan fingerprint density at radius 2 is 2.45 bits per heavy atom. The van der Waals surface area contributed by atoms with E-state index in [2.05, 4.69) is 15.7 Å². The number of aromatic nitrogens is 2. The molecule has 1 atom stereocenters. The lowest BCUT2D eigenvalue weighted by Gasteiger charge is -2.22. The lowest BCUT2D eigenvalue weighted by molar-refractivity contribution is -0.122. The van der Waals surface area contributed by atoms with Gasteiger partial charge in [-0.1, -0.05) is 0 Å². The van der Waals surface area contributed by atoms with Crippen LogP contribution in [0, 0.1) is 0 Å². The van der Waals surface area contributed by atoms with Gasteiger partial charge < -0.3 is 20.2 Å². The zero-order valence-electron chi connectivity index (χ0n) is 12.3. The highest BCUT2D eigenvalue weighted by Crippen LogP contribution is 2.32. The van der Waals surface area contributed by atoms with Gasteiger partial charge in [-0.3, -0.25) is 9.48 Å². The molecule has 22 heavy (non-hydrogen) atoms. The maximum Gasteiger partial charge on any atom is 0.241 e. The maximum absolute atomic E-state index is 11.6. The number of fused-ring (bicyclic) bond motifs is 1. The van der Waals surface area contributed by atoms with E-state index in [1.165, 1.54) is 5.56 Å². The second-order valence-corrected chi connectivity index (χ2v) is 5.39. The van der Waals surface area contributed by atoms with Gasteiger partial charge in [0.05, 0.1) is 30.8 Å². The largest absolute Gasteiger partial charge is 0.469 e. The number of carbonyl (C=O) groups is 1. The Morgan fingerprint density at radius 1 is 1.55 bits per heavy atom. The molecule has 0 bridgehead atoms. The molecule has 7 nitrogen and oxygen atoms in total. The van der Waals surface area contributed by atoms with Crippen LogP contribution in [-0.4, -0.2) is 33.9 Å². The van der Waals surface area contributed by atoms with Crippen molar-refractivity contribution in [2.75, 3.05) is 18.5 Å².